The summed E-state index contributed by atoms with van der Waals surface area (Å²) in [5.41, 5.74) is 0.472. The van der Waals surface area contributed by atoms with Crippen LogP contribution in [0.1, 0.15) is 36.5 Å². The number of carboxylic acids is 1. The SMILES string of the molecule is CCCC(CC(=O)c1cccc(Cl)c1)C(=O)O. The first kappa shape index (κ1) is 13.7. The third-order valence-electron chi connectivity index (χ3n) is 2.56. The Labute approximate surface area is 105 Å². The number of carbonyl (C=O) groups is 2. The minimum Gasteiger partial charge on any atom is -0.481 e. The number of Topliss-reactive ketones (excluding diaryl/α,β-unsaturated/α-hetero) is 1. The molecule has 0 fully saturated rings. The molecule has 0 aliphatic heterocycles. The number of hydrogen-bond acceptors (Lipinski definition) is 2. The Morgan fingerprint density at radius 1 is 1.41 bits per heavy atom. The second-order valence-electron chi connectivity index (χ2n) is 3.96. The number of hydrogen-bond donors (Lipinski definition) is 1. The molecule has 1 aromatic carbocycles. The molecule has 0 spiro atoms. The number of carbonyl (C=O) groups excluding carboxylic acids is 1. The van der Waals surface area contributed by atoms with Crippen molar-refractivity contribution in [3.63, 3.8) is 0 Å². The van der Waals surface area contributed by atoms with Crippen LogP contribution in [0.4, 0.5) is 0 Å². The Hall–Kier alpha value is -1.35. The third-order valence-corrected chi connectivity index (χ3v) is 2.80. The van der Waals surface area contributed by atoms with Crippen LogP contribution in [0.3, 0.4) is 0 Å². The van der Waals surface area contributed by atoms with E-state index in [0.717, 1.165) is 6.42 Å². The molecule has 0 bridgehead atoms. The van der Waals surface area contributed by atoms with Gasteiger partial charge in [-0.15, -0.1) is 0 Å². The maximum absolute atomic E-state index is 11.9. The van der Waals surface area contributed by atoms with Gasteiger partial charge in [0.1, 0.15) is 0 Å². The highest BCUT2D eigenvalue weighted by atomic mass is 35.5. The molecule has 1 N–H and O–H groups in total. The molecule has 0 aliphatic rings. The third kappa shape index (κ3) is 4.19. The van der Waals surface area contributed by atoms with Gasteiger partial charge in [0, 0.05) is 17.0 Å². The van der Waals surface area contributed by atoms with Crippen LogP contribution >= 0.6 is 11.6 Å². The summed E-state index contributed by atoms with van der Waals surface area (Å²) < 4.78 is 0. The molecule has 0 saturated heterocycles. The Kier molecular flexibility index (Phi) is 5.16. The molecule has 0 aromatic heterocycles. The van der Waals surface area contributed by atoms with E-state index in [1.165, 1.54) is 0 Å². The molecular weight excluding hydrogens is 240 g/mol. The van der Waals surface area contributed by atoms with Gasteiger partial charge in [0.25, 0.3) is 0 Å². The van der Waals surface area contributed by atoms with Crippen molar-refractivity contribution in [2.45, 2.75) is 26.2 Å². The Morgan fingerprint density at radius 2 is 2.12 bits per heavy atom. The number of halogens is 1. The van der Waals surface area contributed by atoms with Crippen LogP contribution < -0.4 is 0 Å². The average molecular weight is 255 g/mol. The van der Waals surface area contributed by atoms with E-state index in [-0.39, 0.29) is 12.2 Å². The molecule has 0 aliphatic carbocycles. The summed E-state index contributed by atoms with van der Waals surface area (Å²) in [5, 5.41) is 9.46. The second-order valence-corrected chi connectivity index (χ2v) is 4.40. The van der Waals surface area contributed by atoms with Crippen LogP contribution in [0.15, 0.2) is 24.3 Å². The standard InChI is InChI=1S/C13H15ClO3/c1-2-4-10(13(16)17)8-12(15)9-5-3-6-11(14)7-9/h3,5-7,10H,2,4,8H2,1H3,(H,16,17). The van der Waals surface area contributed by atoms with Gasteiger partial charge < -0.3 is 5.11 Å². The van der Waals surface area contributed by atoms with E-state index in [1.807, 2.05) is 6.92 Å². The maximum atomic E-state index is 11.9. The van der Waals surface area contributed by atoms with Crippen molar-refractivity contribution in [2.24, 2.45) is 5.92 Å². The number of carboxylic acid groups (broad SMARTS) is 1. The molecule has 0 amide bonds. The molecular formula is C13H15ClO3. The van der Waals surface area contributed by atoms with Crippen molar-refractivity contribution in [1.29, 1.82) is 0 Å². The summed E-state index contributed by atoms with van der Waals surface area (Å²) in [6, 6.07) is 6.58. The molecule has 92 valence electrons. The van der Waals surface area contributed by atoms with E-state index in [4.69, 9.17) is 16.7 Å². The molecule has 0 heterocycles. The van der Waals surface area contributed by atoms with Gasteiger partial charge in [0.05, 0.1) is 5.92 Å². The largest absolute Gasteiger partial charge is 0.481 e. The van der Waals surface area contributed by atoms with Crippen molar-refractivity contribution in [3.05, 3.63) is 34.9 Å². The Balaban J connectivity index is 2.73. The van der Waals surface area contributed by atoms with Crippen LogP contribution in [0, 0.1) is 5.92 Å². The van der Waals surface area contributed by atoms with Crippen molar-refractivity contribution < 1.29 is 14.7 Å². The van der Waals surface area contributed by atoms with Crippen molar-refractivity contribution in [2.75, 3.05) is 0 Å². The minimum atomic E-state index is -0.915. The topological polar surface area (TPSA) is 54.4 Å². The lowest BCUT2D eigenvalue weighted by Crippen LogP contribution is -2.17. The molecule has 3 nitrogen and oxygen atoms in total. The lowest BCUT2D eigenvalue weighted by atomic mass is 9.94. The first-order valence-corrected chi connectivity index (χ1v) is 5.94. The highest BCUT2D eigenvalue weighted by molar-refractivity contribution is 6.31. The van der Waals surface area contributed by atoms with Crippen LogP contribution in [0.2, 0.25) is 5.02 Å². The highest BCUT2D eigenvalue weighted by Gasteiger charge is 2.21. The van der Waals surface area contributed by atoms with Gasteiger partial charge in [-0.25, -0.2) is 0 Å². The number of aliphatic carboxylic acids is 1. The average Bonchev–Trinajstić information content (AvgIpc) is 2.28. The van der Waals surface area contributed by atoms with Gasteiger partial charge >= 0.3 is 5.97 Å². The number of benzene rings is 1. The zero-order valence-electron chi connectivity index (χ0n) is 9.65. The molecule has 4 heteroatoms. The molecule has 0 radical (unpaired) electrons. The lowest BCUT2D eigenvalue weighted by molar-refractivity contribution is -0.141. The van der Waals surface area contributed by atoms with Gasteiger partial charge in [0.2, 0.25) is 0 Å². The van der Waals surface area contributed by atoms with E-state index in [1.54, 1.807) is 24.3 Å². The number of ketones is 1. The van der Waals surface area contributed by atoms with Gasteiger partial charge in [-0.05, 0) is 18.6 Å². The van der Waals surface area contributed by atoms with Gasteiger partial charge in [-0.2, -0.15) is 0 Å². The smallest absolute Gasteiger partial charge is 0.306 e. The van der Waals surface area contributed by atoms with Crippen molar-refractivity contribution in [1.82, 2.24) is 0 Å². The van der Waals surface area contributed by atoms with Crippen LogP contribution in [-0.4, -0.2) is 16.9 Å². The normalized spacial score (nSPS) is 12.1. The summed E-state index contributed by atoms with van der Waals surface area (Å²) in [6.45, 7) is 1.90. The van der Waals surface area contributed by atoms with E-state index in [9.17, 15) is 9.59 Å². The fourth-order valence-electron chi connectivity index (χ4n) is 1.66. The van der Waals surface area contributed by atoms with Crippen LogP contribution in [0.25, 0.3) is 0 Å². The second kappa shape index (κ2) is 6.40. The molecule has 17 heavy (non-hydrogen) atoms. The van der Waals surface area contributed by atoms with E-state index in [0.29, 0.717) is 17.0 Å². The zero-order chi connectivity index (χ0) is 12.8. The predicted octanol–water partition coefficient (Wildman–Crippen LogP) is 3.41. The molecule has 1 unspecified atom stereocenters. The van der Waals surface area contributed by atoms with Crippen LogP contribution in [-0.2, 0) is 4.79 Å². The fourth-order valence-corrected chi connectivity index (χ4v) is 1.86. The van der Waals surface area contributed by atoms with Gasteiger partial charge in [-0.3, -0.25) is 9.59 Å². The first-order valence-electron chi connectivity index (χ1n) is 5.56. The molecule has 0 saturated carbocycles. The highest BCUT2D eigenvalue weighted by Crippen LogP contribution is 2.18. The van der Waals surface area contributed by atoms with E-state index < -0.39 is 11.9 Å². The van der Waals surface area contributed by atoms with E-state index >= 15 is 0 Å². The lowest BCUT2D eigenvalue weighted by Gasteiger charge is -2.10. The summed E-state index contributed by atoms with van der Waals surface area (Å²) in [5.74, 6) is -1.69. The molecule has 1 aromatic rings. The summed E-state index contributed by atoms with van der Waals surface area (Å²) in [7, 11) is 0. The summed E-state index contributed by atoms with van der Waals surface area (Å²) in [6.07, 6.45) is 1.30. The molecule has 1 atom stereocenters. The van der Waals surface area contributed by atoms with Gasteiger partial charge in [0.15, 0.2) is 5.78 Å². The summed E-state index contributed by atoms with van der Waals surface area (Å²) >= 11 is 5.78. The summed E-state index contributed by atoms with van der Waals surface area (Å²) in [4.78, 5) is 22.8. The Bertz CT molecular complexity index is 415. The van der Waals surface area contributed by atoms with Gasteiger partial charge in [-0.1, -0.05) is 37.1 Å². The monoisotopic (exact) mass is 254 g/mol. The Morgan fingerprint density at radius 3 is 2.65 bits per heavy atom. The zero-order valence-corrected chi connectivity index (χ0v) is 10.4. The minimum absolute atomic E-state index is 0.0313. The van der Waals surface area contributed by atoms with E-state index in [2.05, 4.69) is 0 Å². The van der Waals surface area contributed by atoms with Crippen molar-refractivity contribution >= 4 is 23.4 Å². The molecule has 1 rings (SSSR count). The predicted molar refractivity (Wildman–Crippen MR) is 66.4 cm³/mol. The quantitative estimate of drug-likeness (QED) is 0.792. The number of rotatable bonds is 6. The maximum Gasteiger partial charge on any atom is 0.306 e. The van der Waals surface area contributed by atoms with Crippen molar-refractivity contribution in [3.8, 4) is 0 Å². The fraction of sp³-hybridized carbons (Fsp3) is 0.385. The first-order chi connectivity index (χ1) is 8.04. The van der Waals surface area contributed by atoms with Crippen LogP contribution in [0.5, 0.6) is 0 Å².